The first kappa shape index (κ1) is 26.0. The second-order valence-electron chi connectivity index (χ2n) is 12.1. The van der Waals surface area contributed by atoms with Gasteiger partial charge in [0.2, 0.25) is 0 Å². The Hall–Kier alpha value is -7.26. The second-order valence-corrected chi connectivity index (χ2v) is 12.1. The third kappa shape index (κ3) is 3.09. The molecule has 0 N–H and O–H groups in total. The van der Waals surface area contributed by atoms with E-state index in [1.807, 2.05) is 30.3 Å². The molecule has 0 unspecified atom stereocenters. The van der Waals surface area contributed by atoms with Crippen LogP contribution >= 0.6 is 0 Å². The summed E-state index contributed by atoms with van der Waals surface area (Å²) in [6, 6.07) is 42.6. The number of fused-ring (bicyclic) bond motifs is 12. The maximum atomic E-state index is 10.5. The average Bonchev–Trinajstić information content (AvgIpc) is 3.79. The van der Waals surface area contributed by atoms with Crippen LogP contribution in [0.2, 0.25) is 0 Å². The van der Waals surface area contributed by atoms with Crippen molar-refractivity contribution in [1.29, 1.82) is 21.0 Å². The Morgan fingerprint density at radius 1 is 0.542 bits per heavy atom. The summed E-state index contributed by atoms with van der Waals surface area (Å²) in [5.74, 6) is 0. The molecule has 3 aromatic heterocycles. The smallest absolute Gasteiger partial charge is 0.332 e. The summed E-state index contributed by atoms with van der Waals surface area (Å²) in [4.78, 5) is 0. The number of nitriles is 4. The summed E-state index contributed by atoms with van der Waals surface area (Å²) in [6.45, 7) is -0.451. The molecule has 6 aromatic carbocycles. The molecule has 0 radical (unpaired) electrons. The lowest BCUT2D eigenvalue weighted by molar-refractivity contribution is 0.673. The van der Waals surface area contributed by atoms with E-state index in [2.05, 4.69) is 81.9 Å². The zero-order valence-corrected chi connectivity index (χ0v) is 25.0. The van der Waals surface area contributed by atoms with E-state index in [0.717, 1.165) is 60.4 Å². The van der Waals surface area contributed by atoms with Gasteiger partial charge in [0.1, 0.15) is 23.3 Å². The number of aromatic nitrogens is 2. The molecule has 7 nitrogen and oxygen atoms in total. The molecular formula is C40H17BN6O. The van der Waals surface area contributed by atoms with Crippen molar-refractivity contribution in [1.82, 2.24) is 9.05 Å². The molecule has 1 aliphatic heterocycles. The molecule has 48 heavy (non-hydrogen) atoms. The average molecular weight is 608 g/mol. The zero-order valence-electron chi connectivity index (χ0n) is 25.0. The fourth-order valence-corrected chi connectivity index (χ4v) is 8.07. The quantitative estimate of drug-likeness (QED) is 0.182. The first-order valence-electron chi connectivity index (χ1n) is 15.4. The van der Waals surface area contributed by atoms with Gasteiger partial charge in [0, 0.05) is 32.6 Å². The second kappa shape index (κ2) is 9.15. The van der Waals surface area contributed by atoms with Crippen LogP contribution in [0, 0.1) is 45.3 Å². The van der Waals surface area contributed by atoms with Crippen LogP contribution in [0.25, 0.3) is 71.2 Å². The molecule has 216 valence electrons. The van der Waals surface area contributed by atoms with E-state index in [4.69, 9.17) is 4.42 Å². The van der Waals surface area contributed by atoms with E-state index in [-0.39, 0.29) is 0 Å². The Bertz CT molecular complexity index is 3040. The van der Waals surface area contributed by atoms with Crippen molar-refractivity contribution < 1.29 is 4.42 Å². The Balaban J connectivity index is 1.43. The molecule has 0 fully saturated rings. The van der Waals surface area contributed by atoms with Crippen molar-refractivity contribution in [3.05, 3.63) is 125 Å². The summed E-state index contributed by atoms with van der Waals surface area (Å²) in [7, 11) is 0. The van der Waals surface area contributed by atoms with Gasteiger partial charge in [-0.15, -0.1) is 0 Å². The molecule has 9 aromatic rings. The van der Waals surface area contributed by atoms with E-state index in [1.165, 1.54) is 0 Å². The molecule has 0 saturated carbocycles. The Labute approximate surface area is 272 Å². The number of benzene rings is 6. The summed E-state index contributed by atoms with van der Waals surface area (Å²) in [5.41, 5.74) is 9.18. The van der Waals surface area contributed by atoms with Gasteiger partial charge >= 0.3 is 6.85 Å². The minimum absolute atomic E-state index is 0.322. The molecule has 0 amide bonds. The predicted octanol–water partition coefficient (Wildman–Crippen LogP) is 7.25. The molecule has 0 bridgehead atoms. The number of hydrogen-bond donors (Lipinski definition) is 0. The van der Waals surface area contributed by atoms with Crippen molar-refractivity contribution in [2.75, 3.05) is 0 Å². The van der Waals surface area contributed by atoms with E-state index in [9.17, 15) is 21.0 Å². The highest BCUT2D eigenvalue weighted by molar-refractivity contribution is 6.88. The van der Waals surface area contributed by atoms with Crippen LogP contribution < -0.4 is 10.9 Å². The van der Waals surface area contributed by atoms with Gasteiger partial charge < -0.3 is 13.5 Å². The van der Waals surface area contributed by atoms with Crippen molar-refractivity contribution in [3.8, 4) is 30.0 Å². The molecule has 10 rings (SSSR count). The monoisotopic (exact) mass is 608 g/mol. The van der Waals surface area contributed by atoms with Crippen molar-refractivity contribution in [3.63, 3.8) is 0 Å². The summed E-state index contributed by atoms with van der Waals surface area (Å²) < 4.78 is 10.9. The van der Waals surface area contributed by atoms with Crippen LogP contribution in [0.5, 0.6) is 0 Å². The van der Waals surface area contributed by atoms with Gasteiger partial charge in [-0.1, -0.05) is 54.6 Å². The van der Waals surface area contributed by atoms with Crippen LogP contribution in [0.4, 0.5) is 0 Å². The number of rotatable bonds is 1. The molecular weight excluding hydrogens is 591 g/mol. The van der Waals surface area contributed by atoms with E-state index in [0.29, 0.717) is 44.1 Å². The van der Waals surface area contributed by atoms with Gasteiger partial charge in [-0.3, -0.25) is 0 Å². The SMILES string of the molecule is N#Cc1cc(C#N)c2c(c1)c1cc(C#N)cc(C#N)c1n2B1c2ccccc2-n2c3ccc4c5ccccc5oc4c3c3cccc1c32. The van der Waals surface area contributed by atoms with Crippen LogP contribution in [0.15, 0.2) is 108 Å². The van der Waals surface area contributed by atoms with Crippen LogP contribution in [0.1, 0.15) is 22.3 Å². The Morgan fingerprint density at radius 2 is 1.19 bits per heavy atom. The molecule has 1 aliphatic rings. The number of furan rings is 1. The maximum Gasteiger partial charge on any atom is 0.332 e. The minimum Gasteiger partial charge on any atom is -0.455 e. The van der Waals surface area contributed by atoms with Crippen LogP contribution in [0.3, 0.4) is 0 Å². The van der Waals surface area contributed by atoms with Gasteiger partial charge in [-0.25, -0.2) is 0 Å². The highest BCUT2D eigenvalue weighted by atomic mass is 16.3. The highest BCUT2D eigenvalue weighted by Crippen LogP contribution is 2.42. The minimum atomic E-state index is -0.451. The lowest BCUT2D eigenvalue weighted by atomic mass is 9.48. The third-order valence-electron chi connectivity index (χ3n) is 9.84. The third-order valence-corrected chi connectivity index (χ3v) is 9.84. The topological polar surface area (TPSA) is 118 Å². The van der Waals surface area contributed by atoms with Crippen LogP contribution in [-0.2, 0) is 0 Å². The lowest BCUT2D eigenvalue weighted by Gasteiger charge is -2.28. The summed E-state index contributed by atoms with van der Waals surface area (Å²) >= 11 is 0. The Kier molecular flexibility index (Phi) is 4.96. The molecule has 4 heterocycles. The van der Waals surface area contributed by atoms with E-state index >= 15 is 0 Å². The first-order valence-corrected chi connectivity index (χ1v) is 15.4. The standard InChI is InChI=1S/C40H17BN6O/c42-18-22-14-24(20-44)37-29(16-22)30-17-23(19-43)15-25(21-45)38(30)47(37)41-31-8-2-3-10-33(31)46-34-13-12-27-26-6-1-4-11-35(26)48-40(27)36(34)28-7-5-9-32(41)39(28)46/h1-17H. The van der Waals surface area contributed by atoms with Gasteiger partial charge in [-0.2, -0.15) is 21.0 Å². The highest BCUT2D eigenvalue weighted by Gasteiger charge is 2.37. The van der Waals surface area contributed by atoms with Gasteiger partial charge in [0.05, 0.1) is 61.8 Å². The predicted molar refractivity (Wildman–Crippen MR) is 187 cm³/mol. The Morgan fingerprint density at radius 3 is 1.90 bits per heavy atom. The lowest BCUT2D eigenvalue weighted by Crippen LogP contribution is -2.53. The maximum absolute atomic E-state index is 10.5. The largest absolute Gasteiger partial charge is 0.455 e. The van der Waals surface area contributed by atoms with Gasteiger partial charge in [0.15, 0.2) is 0 Å². The summed E-state index contributed by atoms with van der Waals surface area (Å²) in [6.07, 6.45) is 0. The van der Waals surface area contributed by atoms with Crippen molar-refractivity contribution in [2.45, 2.75) is 0 Å². The molecule has 0 aliphatic carbocycles. The number of hydrogen-bond acceptors (Lipinski definition) is 5. The fraction of sp³-hybridized carbons (Fsp3) is 0. The molecule has 0 saturated heterocycles. The molecule has 0 spiro atoms. The first-order chi connectivity index (χ1) is 23.6. The summed E-state index contributed by atoms with van der Waals surface area (Å²) in [5, 5.41) is 46.2. The molecule has 8 heteroatoms. The molecule has 0 atom stereocenters. The van der Waals surface area contributed by atoms with Crippen LogP contribution in [-0.4, -0.2) is 15.9 Å². The van der Waals surface area contributed by atoms with E-state index in [1.54, 1.807) is 24.3 Å². The van der Waals surface area contributed by atoms with Crippen molar-refractivity contribution in [2.24, 2.45) is 0 Å². The zero-order chi connectivity index (χ0) is 32.3. The number of para-hydroxylation sites is 3. The van der Waals surface area contributed by atoms with Gasteiger partial charge in [0.25, 0.3) is 0 Å². The van der Waals surface area contributed by atoms with E-state index < -0.39 is 6.85 Å². The van der Waals surface area contributed by atoms with Crippen molar-refractivity contribution >= 4 is 83.3 Å². The fourth-order valence-electron chi connectivity index (χ4n) is 8.07. The number of nitrogens with zero attached hydrogens (tertiary/aromatic N) is 6. The van der Waals surface area contributed by atoms with Gasteiger partial charge in [-0.05, 0) is 59.5 Å². The normalized spacial score (nSPS) is 12.0.